The maximum atomic E-state index is 13.5. The van der Waals surface area contributed by atoms with Crippen molar-refractivity contribution in [3.8, 4) is 0 Å². The number of halogens is 1. The molecule has 1 saturated heterocycles. The minimum absolute atomic E-state index is 0.150. The molecule has 0 aliphatic carbocycles. The van der Waals surface area contributed by atoms with E-state index in [1.165, 1.54) is 12.1 Å². The highest BCUT2D eigenvalue weighted by Crippen LogP contribution is 2.39. The van der Waals surface area contributed by atoms with E-state index in [1.807, 2.05) is 19.9 Å². The smallest absolute Gasteiger partial charge is 0.123 e. The van der Waals surface area contributed by atoms with E-state index < -0.39 is 5.60 Å². The number of hydrogen-bond acceptors (Lipinski definition) is 2. The quantitative estimate of drug-likeness (QED) is 0.895. The Hall–Kier alpha value is -0.930. The monoisotopic (exact) mass is 252 g/mol. The summed E-state index contributed by atoms with van der Waals surface area (Å²) < 4.78 is 18.9. The van der Waals surface area contributed by atoms with Gasteiger partial charge in [0.1, 0.15) is 5.82 Å². The summed E-state index contributed by atoms with van der Waals surface area (Å²) in [6, 6.07) is 4.84. The lowest BCUT2D eigenvalue weighted by Crippen LogP contribution is -2.38. The molecule has 1 atom stereocenters. The van der Waals surface area contributed by atoms with Crippen LogP contribution in [-0.2, 0) is 10.3 Å². The molecule has 0 radical (unpaired) electrons. The topological polar surface area (TPSA) is 29.5 Å². The Labute approximate surface area is 108 Å². The van der Waals surface area contributed by atoms with Gasteiger partial charge in [-0.1, -0.05) is 13.0 Å². The fraction of sp³-hybridized carbons (Fsp3) is 0.600. The third-order valence-corrected chi connectivity index (χ3v) is 3.98. The van der Waals surface area contributed by atoms with Gasteiger partial charge in [-0.3, -0.25) is 0 Å². The van der Waals surface area contributed by atoms with Crippen LogP contribution in [0.25, 0.3) is 0 Å². The van der Waals surface area contributed by atoms with Crippen molar-refractivity contribution < 1.29 is 14.2 Å². The van der Waals surface area contributed by atoms with Crippen LogP contribution in [0.4, 0.5) is 4.39 Å². The molecule has 1 unspecified atom stereocenters. The molecule has 1 heterocycles. The van der Waals surface area contributed by atoms with Crippen molar-refractivity contribution in [1.29, 1.82) is 0 Å². The summed E-state index contributed by atoms with van der Waals surface area (Å²) in [6.45, 7) is 5.17. The van der Waals surface area contributed by atoms with Crippen LogP contribution in [0, 0.1) is 18.7 Å². The van der Waals surface area contributed by atoms with E-state index in [-0.39, 0.29) is 11.7 Å². The molecule has 1 fully saturated rings. The van der Waals surface area contributed by atoms with Crippen molar-refractivity contribution in [1.82, 2.24) is 0 Å². The fourth-order valence-electron chi connectivity index (χ4n) is 2.89. The number of aryl methyl sites for hydroxylation is 1. The summed E-state index contributed by atoms with van der Waals surface area (Å²) in [5.74, 6) is -0.124. The van der Waals surface area contributed by atoms with Crippen molar-refractivity contribution in [2.24, 2.45) is 5.92 Å². The molecule has 0 saturated carbocycles. The molecule has 2 nitrogen and oxygen atoms in total. The standard InChI is InChI=1S/C15H21FO2/c1-3-15(17,12-4-6-18-7-5-12)13-8-11(2)9-14(16)10-13/h8-10,12,17H,3-7H2,1-2H3. The van der Waals surface area contributed by atoms with Crippen molar-refractivity contribution >= 4 is 0 Å². The molecule has 0 spiro atoms. The van der Waals surface area contributed by atoms with Gasteiger partial charge in [0.05, 0.1) is 5.60 Å². The second kappa shape index (κ2) is 5.37. The van der Waals surface area contributed by atoms with Gasteiger partial charge in [0.2, 0.25) is 0 Å². The van der Waals surface area contributed by atoms with Crippen molar-refractivity contribution in [2.45, 2.75) is 38.7 Å². The zero-order valence-electron chi connectivity index (χ0n) is 11.1. The van der Waals surface area contributed by atoms with Crippen molar-refractivity contribution in [2.75, 3.05) is 13.2 Å². The zero-order chi connectivity index (χ0) is 13.2. The van der Waals surface area contributed by atoms with E-state index in [1.54, 1.807) is 0 Å². The molecule has 1 aromatic carbocycles. The largest absolute Gasteiger partial charge is 0.385 e. The molecule has 100 valence electrons. The van der Waals surface area contributed by atoms with Crippen molar-refractivity contribution in [3.05, 3.63) is 35.1 Å². The van der Waals surface area contributed by atoms with E-state index in [0.717, 1.165) is 18.4 Å². The molecular weight excluding hydrogens is 231 g/mol. The second-order valence-corrected chi connectivity index (χ2v) is 5.18. The number of benzene rings is 1. The first-order chi connectivity index (χ1) is 8.56. The third kappa shape index (κ3) is 2.57. The molecule has 1 aromatic rings. The van der Waals surface area contributed by atoms with E-state index in [2.05, 4.69) is 0 Å². The normalized spacial score (nSPS) is 20.7. The average molecular weight is 252 g/mol. The minimum atomic E-state index is -0.934. The van der Waals surface area contributed by atoms with Crippen LogP contribution in [0.1, 0.15) is 37.3 Å². The average Bonchev–Trinajstić information content (AvgIpc) is 2.37. The summed E-state index contributed by atoms with van der Waals surface area (Å²) >= 11 is 0. The number of rotatable bonds is 3. The Kier molecular flexibility index (Phi) is 4.03. The first-order valence-electron chi connectivity index (χ1n) is 6.64. The maximum Gasteiger partial charge on any atom is 0.123 e. The van der Waals surface area contributed by atoms with Gasteiger partial charge >= 0.3 is 0 Å². The molecule has 0 bridgehead atoms. The number of ether oxygens (including phenoxy) is 1. The van der Waals surface area contributed by atoms with E-state index >= 15 is 0 Å². The maximum absolute atomic E-state index is 13.5. The Morgan fingerprint density at radius 3 is 2.56 bits per heavy atom. The van der Waals surface area contributed by atoms with Gasteiger partial charge in [0.15, 0.2) is 0 Å². The molecule has 0 aromatic heterocycles. The van der Waals surface area contributed by atoms with Gasteiger partial charge in [-0.05, 0) is 55.4 Å². The molecule has 1 aliphatic rings. The molecule has 2 rings (SSSR count). The highest BCUT2D eigenvalue weighted by atomic mass is 19.1. The minimum Gasteiger partial charge on any atom is -0.385 e. The van der Waals surface area contributed by atoms with Crippen LogP contribution in [0.3, 0.4) is 0 Å². The fourth-order valence-corrected chi connectivity index (χ4v) is 2.89. The van der Waals surface area contributed by atoms with Gasteiger partial charge < -0.3 is 9.84 Å². The van der Waals surface area contributed by atoms with Crippen molar-refractivity contribution in [3.63, 3.8) is 0 Å². The predicted octanol–water partition coefficient (Wildman–Crippen LogP) is 3.16. The van der Waals surface area contributed by atoms with Crippen LogP contribution in [-0.4, -0.2) is 18.3 Å². The molecule has 0 amide bonds. The Morgan fingerprint density at radius 2 is 2.00 bits per heavy atom. The summed E-state index contributed by atoms with van der Waals surface area (Å²) in [5.41, 5.74) is 0.620. The lowest BCUT2D eigenvalue weighted by molar-refractivity contribution is -0.0732. The first kappa shape index (κ1) is 13.5. The van der Waals surface area contributed by atoms with Crippen LogP contribution in [0.15, 0.2) is 18.2 Å². The van der Waals surface area contributed by atoms with Crippen LogP contribution in [0.5, 0.6) is 0 Å². The van der Waals surface area contributed by atoms with E-state index in [4.69, 9.17) is 4.74 Å². The van der Waals surface area contributed by atoms with Gasteiger partial charge in [0.25, 0.3) is 0 Å². The lowest BCUT2D eigenvalue weighted by atomic mass is 9.75. The predicted molar refractivity (Wildman–Crippen MR) is 68.9 cm³/mol. The van der Waals surface area contributed by atoms with Gasteiger partial charge in [-0.2, -0.15) is 0 Å². The van der Waals surface area contributed by atoms with Gasteiger partial charge in [-0.15, -0.1) is 0 Å². The van der Waals surface area contributed by atoms with Crippen LogP contribution in [0.2, 0.25) is 0 Å². The van der Waals surface area contributed by atoms with Crippen LogP contribution >= 0.6 is 0 Å². The molecular formula is C15H21FO2. The zero-order valence-corrected chi connectivity index (χ0v) is 11.1. The Morgan fingerprint density at radius 1 is 1.33 bits per heavy atom. The molecule has 1 aliphatic heterocycles. The Bertz CT molecular complexity index is 393. The number of aliphatic hydroxyl groups is 1. The second-order valence-electron chi connectivity index (χ2n) is 5.18. The number of hydrogen-bond donors (Lipinski definition) is 1. The highest BCUT2D eigenvalue weighted by Gasteiger charge is 2.37. The Balaban J connectivity index is 2.35. The van der Waals surface area contributed by atoms with Gasteiger partial charge in [-0.25, -0.2) is 4.39 Å². The molecule has 18 heavy (non-hydrogen) atoms. The molecule has 3 heteroatoms. The summed E-state index contributed by atoms with van der Waals surface area (Å²) in [7, 11) is 0. The lowest BCUT2D eigenvalue weighted by Gasteiger charge is -2.38. The SMILES string of the molecule is CCC(O)(c1cc(C)cc(F)c1)C1CCOCC1. The van der Waals surface area contributed by atoms with E-state index in [9.17, 15) is 9.50 Å². The summed E-state index contributed by atoms with van der Waals surface area (Å²) in [6.07, 6.45) is 2.26. The van der Waals surface area contributed by atoms with Gasteiger partial charge in [0, 0.05) is 13.2 Å². The van der Waals surface area contributed by atoms with Crippen LogP contribution < -0.4 is 0 Å². The summed E-state index contributed by atoms with van der Waals surface area (Å²) in [4.78, 5) is 0. The van der Waals surface area contributed by atoms with E-state index in [0.29, 0.717) is 25.2 Å². The third-order valence-electron chi connectivity index (χ3n) is 3.98. The molecule has 1 N–H and O–H groups in total. The highest BCUT2D eigenvalue weighted by molar-refractivity contribution is 5.29. The summed E-state index contributed by atoms with van der Waals surface area (Å²) in [5, 5.41) is 10.9. The first-order valence-corrected chi connectivity index (χ1v) is 6.64.